The Hall–Kier alpha value is -1.53. The van der Waals surface area contributed by atoms with E-state index in [0.717, 1.165) is 37.8 Å². The van der Waals surface area contributed by atoms with Gasteiger partial charge in [0.1, 0.15) is 5.82 Å². The molecule has 2 aliphatic rings. The lowest BCUT2D eigenvalue weighted by atomic mass is 10.1. The summed E-state index contributed by atoms with van der Waals surface area (Å²) in [6.45, 7) is 8.78. The van der Waals surface area contributed by atoms with Gasteiger partial charge in [-0.2, -0.15) is 0 Å². The maximum Gasteiger partial charge on any atom is 0.191 e. The molecule has 0 radical (unpaired) electrons. The van der Waals surface area contributed by atoms with Crippen molar-refractivity contribution in [3.8, 4) is 0 Å². The largest absolute Gasteiger partial charge is 0.356 e. The molecule has 1 aromatic rings. The van der Waals surface area contributed by atoms with Crippen LogP contribution in [-0.4, -0.2) is 68.2 Å². The van der Waals surface area contributed by atoms with Crippen LogP contribution in [0.4, 0.5) is 5.82 Å². The predicted molar refractivity (Wildman–Crippen MR) is 114 cm³/mol. The zero-order chi connectivity index (χ0) is 19.1. The SMILES string of the molecule is CN=C(NCC(C)CN1CCCCC1)NC1CCN(c2ncccc2Cl)C1. The van der Waals surface area contributed by atoms with E-state index in [2.05, 4.69) is 37.3 Å². The van der Waals surface area contributed by atoms with Crippen molar-refractivity contribution in [1.82, 2.24) is 20.5 Å². The van der Waals surface area contributed by atoms with Crippen LogP contribution < -0.4 is 15.5 Å². The summed E-state index contributed by atoms with van der Waals surface area (Å²) in [6.07, 6.45) is 6.94. The quantitative estimate of drug-likeness (QED) is 0.575. The molecule has 0 saturated carbocycles. The van der Waals surface area contributed by atoms with Crippen molar-refractivity contribution >= 4 is 23.4 Å². The Morgan fingerprint density at radius 1 is 1.33 bits per heavy atom. The van der Waals surface area contributed by atoms with Gasteiger partial charge in [-0.25, -0.2) is 4.98 Å². The molecule has 6 nitrogen and oxygen atoms in total. The minimum Gasteiger partial charge on any atom is -0.356 e. The number of piperidine rings is 1. The number of guanidine groups is 1. The van der Waals surface area contributed by atoms with Gasteiger partial charge in [0, 0.05) is 45.5 Å². The molecule has 2 aliphatic heterocycles. The smallest absolute Gasteiger partial charge is 0.191 e. The van der Waals surface area contributed by atoms with Gasteiger partial charge in [0.2, 0.25) is 0 Å². The summed E-state index contributed by atoms with van der Waals surface area (Å²) in [5.41, 5.74) is 0. The first-order valence-corrected chi connectivity index (χ1v) is 10.6. The highest BCUT2D eigenvalue weighted by molar-refractivity contribution is 6.32. The van der Waals surface area contributed by atoms with E-state index in [4.69, 9.17) is 11.6 Å². The highest BCUT2D eigenvalue weighted by atomic mass is 35.5. The van der Waals surface area contributed by atoms with Crippen molar-refractivity contribution in [3.63, 3.8) is 0 Å². The van der Waals surface area contributed by atoms with Crippen LogP contribution in [0.15, 0.2) is 23.3 Å². The normalized spacial score (nSPS) is 22.7. The number of pyridine rings is 1. The number of halogens is 1. The lowest BCUT2D eigenvalue weighted by molar-refractivity contribution is 0.201. The third kappa shape index (κ3) is 5.98. The second-order valence-electron chi connectivity index (χ2n) is 7.80. The Balaban J connectivity index is 1.42. The van der Waals surface area contributed by atoms with Crippen LogP contribution in [0.2, 0.25) is 5.02 Å². The van der Waals surface area contributed by atoms with Gasteiger partial charge in [-0.05, 0) is 50.4 Å². The van der Waals surface area contributed by atoms with Crippen LogP contribution in [0.1, 0.15) is 32.6 Å². The Labute approximate surface area is 168 Å². The van der Waals surface area contributed by atoms with E-state index >= 15 is 0 Å². The summed E-state index contributed by atoms with van der Waals surface area (Å²) in [6, 6.07) is 4.12. The molecular formula is C20H33ClN6. The van der Waals surface area contributed by atoms with Crippen molar-refractivity contribution in [3.05, 3.63) is 23.4 Å². The Kier molecular flexibility index (Phi) is 7.59. The molecule has 2 unspecified atom stereocenters. The number of nitrogens with one attached hydrogen (secondary N) is 2. The number of anilines is 1. The van der Waals surface area contributed by atoms with Crippen LogP contribution >= 0.6 is 11.6 Å². The van der Waals surface area contributed by atoms with Crippen molar-refractivity contribution in [1.29, 1.82) is 0 Å². The molecule has 150 valence electrons. The van der Waals surface area contributed by atoms with Crippen LogP contribution in [0.3, 0.4) is 0 Å². The maximum atomic E-state index is 6.28. The second kappa shape index (κ2) is 10.1. The van der Waals surface area contributed by atoms with Gasteiger partial charge in [0.25, 0.3) is 0 Å². The number of hydrogen-bond acceptors (Lipinski definition) is 4. The lowest BCUT2D eigenvalue weighted by Crippen LogP contribution is -2.46. The van der Waals surface area contributed by atoms with Gasteiger partial charge in [0.05, 0.1) is 5.02 Å². The number of nitrogens with zero attached hydrogens (tertiary/aromatic N) is 4. The van der Waals surface area contributed by atoms with E-state index in [1.165, 1.54) is 38.9 Å². The van der Waals surface area contributed by atoms with E-state index in [1.807, 2.05) is 19.2 Å². The summed E-state index contributed by atoms with van der Waals surface area (Å²) in [5, 5.41) is 7.78. The zero-order valence-electron chi connectivity index (χ0n) is 16.6. The standard InChI is InChI=1S/C20H33ClN6/c1-16(14-26-10-4-3-5-11-26)13-24-20(22-2)25-17-8-12-27(15-17)19-18(21)7-6-9-23-19/h6-7,9,16-17H,3-5,8,10-15H2,1-2H3,(H2,22,24,25). The molecule has 2 N–H and O–H groups in total. The Morgan fingerprint density at radius 2 is 2.15 bits per heavy atom. The molecular weight excluding hydrogens is 360 g/mol. The van der Waals surface area contributed by atoms with E-state index in [1.54, 1.807) is 6.20 Å². The summed E-state index contributed by atoms with van der Waals surface area (Å²) in [5.74, 6) is 2.37. The minimum atomic E-state index is 0.353. The van der Waals surface area contributed by atoms with Crippen LogP contribution in [0, 0.1) is 5.92 Å². The van der Waals surface area contributed by atoms with Gasteiger partial charge in [-0.3, -0.25) is 4.99 Å². The van der Waals surface area contributed by atoms with Gasteiger partial charge in [-0.15, -0.1) is 0 Å². The fraction of sp³-hybridized carbons (Fsp3) is 0.700. The number of rotatable bonds is 6. The predicted octanol–water partition coefficient (Wildman–Crippen LogP) is 2.60. The molecule has 3 heterocycles. The minimum absolute atomic E-state index is 0.353. The molecule has 2 fully saturated rings. The lowest BCUT2D eigenvalue weighted by Gasteiger charge is -2.29. The first kappa shape index (κ1) is 20.2. The van der Waals surface area contributed by atoms with Crippen LogP contribution in [0.5, 0.6) is 0 Å². The molecule has 7 heteroatoms. The van der Waals surface area contributed by atoms with Gasteiger partial charge in [0.15, 0.2) is 5.96 Å². The average Bonchev–Trinajstić information content (AvgIpc) is 3.14. The van der Waals surface area contributed by atoms with E-state index in [9.17, 15) is 0 Å². The first-order chi connectivity index (χ1) is 13.2. The summed E-state index contributed by atoms with van der Waals surface area (Å²) >= 11 is 6.28. The third-order valence-corrected chi connectivity index (χ3v) is 5.72. The van der Waals surface area contributed by atoms with Gasteiger partial charge in [-0.1, -0.05) is 24.9 Å². The number of hydrogen-bond donors (Lipinski definition) is 2. The van der Waals surface area contributed by atoms with E-state index in [0.29, 0.717) is 17.0 Å². The number of aliphatic imine (C=N–C) groups is 1. The van der Waals surface area contributed by atoms with Gasteiger partial charge >= 0.3 is 0 Å². The monoisotopic (exact) mass is 392 g/mol. The fourth-order valence-electron chi connectivity index (χ4n) is 3.99. The van der Waals surface area contributed by atoms with E-state index < -0.39 is 0 Å². The van der Waals surface area contributed by atoms with Crippen LogP contribution in [0.25, 0.3) is 0 Å². The third-order valence-electron chi connectivity index (χ3n) is 5.43. The van der Waals surface area contributed by atoms with Crippen molar-refractivity contribution < 1.29 is 0 Å². The molecule has 2 atom stereocenters. The maximum absolute atomic E-state index is 6.28. The molecule has 3 rings (SSSR count). The van der Waals surface area contributed by atoms with Crippen molar-refractivity contribution in [2.45, 2.75) is 38.6 Å². The van der Waals surface area contributed by atoms with Crippen LogP contribution in [-0.2, 0) is 0 Å². The molecule has 1 aromatic heterocycles. The zero-order valence-corrected chi connectivity index (χ0v) is 17.4. The molecule has 0 amide bonds. The number of likely N-dealkylation sites (tertiary alicyclic amines) is 1. The molecule has 0 bridgehead atoms. The summed E-state index contributed by atoms with van der Waals surface area (Å²) in [4.78, 5) is 13.7. The molecule has 0 aliphatic carbocycles. The van der Waals surface area contributed by atoms with Gasteiger partial charge < -0.3 is 20.4 Å². The van der Waals surface area contributed by atoms with Crippen molar-refractivity contribution in [2.75, 3.05) is 51.2 Å². The first-order valence-electron chi connectivity index (χ1n) is 10.2. The Morgan fingerprint density at radius 3 is 2.89 bits per heavy atom. The Bertz CT molecular complexity index is 616. The summed E-state index contributed by atoms with van der Waals surface area (Å²) in [7, 11) is 1.84. The highest BCUT2D eigenvalue weighted by Crippen LogP contribution is 2.25. The molecule has 27 heavy (non-hydrogen) atoms. The summed E-state index contributed by atoms with van der Waals surface area (Å²) < 4.78 is 0. The molecule has 0 spiro atoms. The van der Waals surface area contributed by atoms with E-state index in [-0.39, 0.29) is 0 Å². The van der Waals surface area contributed by atoms with Crippen molar-refractivity contribution in [2.24, 2.45) is 10.9 Å². The molecule has 2 saturated heterocycles. The number of aromatic nitrogens is 1. The fourth-order valence-corrected chi connectivity index (χ4v) is 4.23. The average molecular weight is 393 g/mol. The molecule has 0 aromatic carbocycles. The second-order valence-corrected chi connectivity index (χ2v) is 8.21. The highest BCUT2D eigenvalue weighted by Gasteiger charge is 2.25. The topological polar surface area (TPSA) is 55.8 Å².